The molecule has 0 saturated carbocycles. The quantitative estimate of drug-likeness (QED) is 0.868. The fourth-order valence-electron chi connectivity index (χ4n) is 1.79. The van der Waals surface area contributed by atoms with Gasteiger partial charge >= 0.3 is 0 Å². The summed E-state index contributed by atoms with van der Waals surface area (Å²) in [6.07, 6.45) is 0. The maximum Gasteiger partial charge on any atom is 0.275 e. The lowest BCUT2D eigenvalue weighted by atomic mass is 10.2. The summed E-state index contributed by atoms with van der Waals surface area (Å²) in [5, 5.41) is 5.37. The van der Waals surface area contributed by atoms with Crippen LogP contribution in [0, 0.1) is 0 Å². The molecule has 0 spiro atoms. The Kier molecular flexibility index (Phi) is 4.97. The van der Waals surface area contributed by atoms with Gasteiger partial charge in [0.1, 0.15) is 10.7 Å². The van der Waals surface area contributed by atoms with E-state index in [4.69, 9.17) is 5.73 Å². The molecule has 0 saturated heterocycles. The van der Waals surface area contributed by atoms with Crippen molar-refractivity contribution in [3.8, 4) is 0 Å². The molecular formula is C14H17BrN4OS. The first kappa shape index (κ1) is 15.9. The molecule has 1 aromatic carbocycles. The number of benzene rings is 1. The largest absolute Gasteiger partial charge is 0.376 e. The Bertz CT molecular complexity index is 654. The van der Waals surface area contributed by atoms with Gasteiger partial charge in [-0.1, -0.05) is 15.9 Å². The van der Waals surface area contributed by atoms with E-state index in [-0.39, 0.29) is 11.9 Å². The Hall–Kier alpha value is -1.44. The molecule has 0 aliphatic rings. The zero-order valence-electron chi connectivity index (χ0n) is 12.1. The molecule has 0 radical (unpaired) electrons. The van der Waals surface area contributed by atoms with E-state index in [1.807, 2.05) is 44.1 Å². The summed E-state index contributed by atoms with van der Waals surface area (Å²) in [5.41, 5.74) is 7.81. The molecule has 0 fully saturated rings. The van der Waals surface area contributed by atoms with E-state index < -0.39 is 0 Å². The predicted molar refractivity (Wildman–Crippen MR) is 91.1 cm³/mol. The number of carbonyl (C=O) groups is 1. The molecule has 1 aromatic heterocycles. The number of thiazole rings is 1. The zero-order chi connectivity index (χ0) is 15.6. The lowest BCUT2D eigenvalue weighted by Crippen LogP contribution is -2.17. The van der Waals surface area contributed by atoms with Gasteiger partial charge in [-0.15, -0.1) is 11.3 Å². The highest BCUT2D eigenvalue weighted by Crippen LogP contribution is 2.28. The lowest BCUT2D eigenvalue weighted by molar-refractivity contribution is 0.102. The van der Waals surface area contributed by atoms with Gasteiger partial charge in [0.05, 0.1) is 17.4 Å². The molecule has 1 atom stereocenters. The summed E-state index contributed by atoms with van der Waals surface area (Å²) in [6, 6.07) is 5.57. The highest BCUT2D eigenvalue weighted by atomic mass is 79.9. The summed E-state index contributed by atoms with van der Waals surface area (Å²) < 4.78 is 0.901. The van der Waals surface area contributed by atoms with Crippen molar-refractivity contribution in [1.29, 1.82) is 0 Å². The van der Waals surface area contributed by atoms with Gasteiger partial charge in [-0.2, -0.15) is 0 Å². The second-order valence-corrected chi connectivity index (χ2v) is 6.68. The monoisotopic (exact) mass is 368 g/mol. The summed E-state index contributed by atoms with van der Waals surface area (Å²) in [7, 11) is 3.85. The number of rotatable bonds is 4. The normalized spacial score (nSPS) is 12.0. The molecule has 112 valence electrons. The number of carbonyl (C=O) groups excluding carboxylic acids is 1. The Morgan fingerprint density at radius 1 is 1.48 bits per heavy atom. The number of hydrogen-bond donors (Lipinski definition) is 2. The van der Waals surface area contributed by atoms with Crippen LogP contribution in [-0.4, -0.2) is 25.0 Å². The first-order valence-corrected chi connectivity index (χ1v) is 8.05. The Morgan fingerprint density at radius 2 is 2.19 bits per heavy atom. The number of halogens is 1. The second kappa shape index (κ2) is 6.55. The molecule has 5 nitrogen and oxygen atoms in total. The van der Waals surface area contributed by atoms with Crippen LogP contribution in [0.1, 0.15) is 28.5 Å². The molecule has 1 unspecified atom stereocenters. The van der Waals surface area contributed by atoms with E-state index in [0.717, 1.165) is 20.9 Å². The SMILES string of the molecule is CC(N)c1nc(C(=O)Nc2cc(Br)ccc2N(C)C)cs1. The summed E-state index contributed by atoms with van der Waals surface area (Å²) in [4.78, 5) is 18.5. The van der Waals surface area contributed by atoms with E-state index in [0.29, 0.717) is 5.69 Å². The second-order valence-electron chi connectivity index (χ2n) is 4.87. The van der Waals surface area contributed by atoms with Crippen LogP contribution in [0.2, 0.25) is 0 Å². The van der Waals surface area contributed by atoms with Crippen molar-refractivity contribution in [2.45, 2.75) is 13.0 Å². The third-order valence-electron chi connectivity index (χ3n) is 2.83. The number of hydrogen-bond acceptors (Lipinski definition) is 5. The number of amides is 1. The van der Waals surface area contributed by atoms with Gasteiger partial charge < -0.3 is 16.0 Å². The molecule has 0 aliphatic heterocycles. The van der Waals surface area contributed by atoms with E-state index >= 15 is 0 Å². The van der Waals surface area contributed by atoms with Gasteiger partial charge in [-0.25, -0.2) is 4.98 Å². The smallest absolute Gasteiger partial charge is 0.275 e. The third-order valence-corrected chi connectivity index (χ3v) is 4.37. The van der Waals surface area contributed by atoms with Crippen LogP contribution in [0.4, 0.5) is 11.4 Å². The molecule has 1 heterocycles. The van der Waals surface area contributed by atoms with Crippen LogP contribution >= 0.6 is 27.3 Å². The molecule has 2 aromatic rings. The van der Waals surface area contributed by atoms with Crippen LogP contribution in [0.5, 0.6) is 0 Å². The first-order chi connectivity index (χ1) is 9.88. The van der Waals surface area contributed by atoms with Gasteiger partial charge in [-0.05, 0) is 25.1 Å². The van der Waals surface area contributed by atoms with Crippen molar-refractivity contribution in [2.75, 3.05) is 24.3 Å². The van der Waals surface area contributed by atoms with E-state index in [1.165, 1.54) is 11.3 Å². The minimum absolute atomic E-state index is 0.167. The Morgan fingerprint density at radius 3 is 2.76 bits per heavy atom. The summed E-state index contributed by atoms with van der Waals surface area (Å²) in [6.45, 7) is 1.85. The fraction of sp³-hybridized carbons (Fsp3) is 0.286. The molecule has 0 bridgehead atoms. The predicted octanol–water partition coefficient (Wildman–Crippen LogP) is 3.24. The lowest BCUT2D eigenvalue weighted by Gasteiger charge is -2.18. The molecule has 7 heteroatoms. The number of aromatic nitrogens is 1. The van der Waals surface area contributed by atoms with Gasteiger partial charge in [0.25, 0.3) is 5.91 Å². The van der Waals surface area contributed by atoms with Crippen LogP contribution < -0.4 is 16.0 Å². The minimum atomic E-state index is -0.237. The highest BCUT2D eigenvalue weighted by molar-refractivity contribution is 9.10. The fourth-order valence-corrected chi connectivity index (χ4v) is 2.90. The maximum atomic E-state index is 12.3. The van der Waals surface area contributed by atoms with Gasteiger partial charge in [-0.3, -0.25) is 4.79 Å². The van der Waals surface area contributed by atoms with Gasteiger partial charge in [0.15, 0.2) is 0 Å². The Labute approximate surface area is 136 Å². The first-order valence-electron chi connectivity index (χ1n) is 6.37. The topological polar surface area (TPSA) is 71.2 Å². The van der Waals surface area contributed by atoms with Crippen molar-refractivity contribution in [3.63, 3.8) is 0 Å². The van der Waals surface area contributed by atoms with Gasteiger partial charge in [0.2, 0.25) is 0 Å². The average Bonchev–Trinajstić information content (AvgIpc) is 2.88. The van der Waals surface area contributed by atoms with Crippen LogP contribution in [0.3, 0.4) is 0 Å². The van der Waals surface area contributed by atoms with E-state index in [1.54, 1.807) is 5.38 Å². The molecule has 2 rings (SSSR count). The number of nitrogens with two attached hydrogens (primary N) is 1. The summed E-state index contributed by atoms with van der Waals surface area (Å²) >= 11 is 4.81. The van der Waals surface area contributed by atoms with Crippen molar-refractivity contribution < 1.29 is 4.79 Å². The Balaban J connectivity index is 2.24. The number of anilines is 2. The van der Waals surface area contributed by atoms with Crippen LogP contribution in [0.15, 0.2) is 28.1 Å². The maximum absolute atomic E-state index is 12.3. The average molecular weight is 369 g/mol. The van der Waals surface area contributed by atoms with Crippen LogP contribution in [0.25, 0.3) is 0 Å². The molecule has 21 heavy (non-hydrogen) atoms. The zero-order valence-corrected chi connectivity index (χ0v) is 14.5. The van der Waals surface area contributed by atoms with Crippen molar-refractivity contribution in [2.24, 2.45) is 5.73 Å². The third kappa shape index (κ3) is 3.81. The number of nitrogens with zero attached hydrogens (tertiary/aromatic N) is 2. The molecule has 3 N–H and O–H groups in total. The highest BCUT2D eigenvalue weighted by Gasteiger charge is 2.15. The number of nitrogens with one attached hydrogen (secondary N) is 1. The van der Waals surface area contributed by atoms with Crippen molar-refractivity contribution in [1.82, 2.24) is 4.98 Å². The molecule has 1 amide bonds. The van der Waals surface area contributed by atoms with E-state index in [2.05, 4.69) is 26.2 Å². The standard InChI is InChI=1S/C14H17BrN4OS/c1-8(16)14-18-11(7-21-14)13(20)17-10-6-9(15)4-5-12(10)19(2)3/h4-8H,16H2,1-3H3,(H,17,20). The minimum Gasteiger partial charge on any atom is -0.376 e. The van der Waals surface area contributed by atoms with Gasteiger partial charge in [0, 0.05) is 23.9 Å². The van der Waals surface area contributed by atoms with Crippen LogP contribution in [-0.2, 0) is 0 Å². The van der Waals surface area contributed by atoms with Crippen molar-refractivity contribution in [3.05, 3.63) is 38.8 Å². The van der Waals surface area contributed by atoms with E-state index in [9.17, 15) is 4.79 Å². The molecule has 0 aliphatic carbocycles. The summed E-state index contributed by atoms with van der Waals surface area (Å²) in [5.74, 6) is -0.237. The molecular weight excluding hydrogens is 352 g/mol. The van der Waals surface area contributed by atoms with Crippen molar-refractivity contribution >= 4 is 44.5 Å².